The van der Waals surface area contributed by atoms with E-state index in [1.54, 1.807) is 0 Å². The summed E-state index contributed by atoms with van der Waals surface area (Å²) in [4.78, 5) is 2.29. The predicted octanol–water partition coefficient (Wildman–Crippen LogP) is 1.35. The maximum Gasteiger partial charge on any atom is 0.0232 e. The van der Waals surface area contributed by atoms with Crippen molar-refractivity contribution in [3.8, 4) is 11.8 Å². The van der Waals surface area contributed by atoms with Gasteiger partial charge in [0.15, 0.2) is 0 Å². The third-order valence-electron chi connectivity index (χ3n) is 2.19. The first-order valence-electron chi connectivity index (χ1n) is 3.82. The van der Waals surface area contributed by atoms with E-state index in [4.69, 9.17) is 0 Å². The van der Waals surface area contributed by atoms with Gasteiger partial charge in [0.1, 0.15) is 0 Å². The van der Waals surface area contributed by atoms with Crippen LogP contribution < -0.4 is 0 Å². The number of hydrogen-bond donors (Lipinski definition) is 0. The molecule has 1 saturated carbocycles. The second kappa shape index (κ2) is 3.07. The summed E-state index contributed by atoms with van der Waals surface area (Å²) in [7, 11) is 4.28. The molecule has 0 aromatic heterocycles. The lowest BCUT2D eigenvalue weighted by molar-refractivity contribution is 0.156. The van der Waals surface area contributed by atoms with Crippen LogP contribution in [0.3, 0.4) is 0 Å². The molecular formula is C9H15N. The fourth-order valence-electron chi connectivity index (χ4n) is 1.33. The van der Waals surface area contributed by atoms with Gasteiger partial charge in [-0.1, -0.05) is 0 Å². The third kappa shape index (κ3) is 1.52. The fourth-order valence-corrected chi connectivity index (χ4v) is 1.33. The van der Waals surface area contributed by atoms with Crippen LogP contribution in [-0.4, -0.2) is 25.0 Å². The van der Waals surface area contributed by atoms with E-state index in [1.165, 1.54) is 12.8 Å². The van der Waals surface area contributed by atoms with Crippen LogP contribution in [0, 0.1) is 17.8 Å². The molecule has 0 bridgehead atoms. The van der Waals surface area contributed by atoms with Gasteiger partial charge in [0.2, 0.25) is 0 Å². The summed E-state index contributed by atoms with van der Waals surface area (Å²) in [5, 5.41) is 0. The van der Waals surface area contributed by atoms with Gasteiger partial charge in [0.25, 0.3) is 0 Å². The molecule has 0 radical (unpaired) electrons. The zero-order chi connectivity index (χ0) is 7.56. The second-order valence-corrected chi connectivity index (χ2v) is 3.18. The highest BCUT2D eigenvalue weighted by molar-refractivity contribution is 5.07. The van der Waals surface area contributed by atoms with E-state index >= 15 is 0 Å². The highest BCUT2D eigenvalue weighted by atomic mass is 15.1. The van der Waals surface area contributed by atoms with Crippen molar-refractivity contribution in [2.75, 3.05) is 14.1 Å². The smallest absolute Gasteiger partial charge is 0.0232 e. The topological polar surface area (TPSA) is 3.24 Å². The highest BCUT2D eigenvalue weighted by Gasteiger charge is 2.28. The zero-order valence-corrected chi connectivity index (χ0v) is 7.02. The Labute approximate surface area is 63.4 Å². The lowest BCUT2D eigenvalue weighted by atomic mass is 9.80. The van der Waals surface area contributed by atoms with E-state index in [9.17, 15) is 0 Å². The first kappa shape index (κ1) is 7.63. The van der Waals surface area contributed by atoms with Crippen molar-refractivity contribution in [1.29, 1.82) is 0 Å². The molecule has 0 heterocycles. The minimum Gasteiger partial charge on any atom is -0.306 e. The summed E-state index contributed by atoms with van der Waals surface area (Å²) in [6.45, 7) is 1.92. The Bertz CT molecular complexity index is 155. The minimum atomic E-state index is 0.692. The molecule has 56 valence electrons. The van der Waals surface area contributed by atoms with Gasteiger partial charge < -0.3 is 4.90 Å². The summed E-state index contributed by atoms with van der Waals surface area (Å²) in [6, 6.07) is 0.797. The van der Waals surface area contributed by atoms with E-state index in [0.717, 1.165) is 6.04 Å². The Morgan fingerprint density at radius 2 is 1.90 bits per heavy atom. The van der Waals surface area contributed by atoms with Gasteiger partial charge in [-0.2, -0.15) is 0 Å². The summed E-state index contributed by atoms with van der Waals surface area (Å²) in [5.74, 6) is 6.84. The Balaban J connectivity index is 2.22. The lowest BCUT2D eigenvalue weighted by Gasteiger charge is -2.36. The minimum absolute atomic E-state index is 0.692. The van der Waals surface area contributed by atoms with Gasteiger partial charge >= 0.3 is 0 Å². The van der Waals surface area contributed by atoms with Crippen molar-refractivity contribution in [3.05, 3.63) is 0 Å². The normalized spacial score (nSPS) is 30.8. The molecule has 1 aliphatic rings. The SMILES string of the molecule is CC#CC1CC(N(C)C)C1. The van der Waals surface area contributed by atoms with Crippen LogP contribution in [-0.2, 0) is 0 Å². The van der Waals surface area contributed by atoms with Gasteiger partial charge in [-0.15, -0.1) is 11.8 Å². The molecular weight excluding hydrogens is 122 g/mol. The van der Waals surface area contributed by atoms with E-state index in [-0.39, 0.29) is 0 Å². The van der Waals surface area contributed by atoms with Gasteiger partial charge in [-0.3, -0.25) is 0 Å². The molecule has 0 aromatic rings. The molecule has 0 aliphatic heterocycles. The Kier molecular flexibility index (Phi) is 2.34. The first-order chi connectivity index (χ1) is 4.74. The van der Waals surface area contributed by atoms with Crippen molar-refractivity contribution >= 4 is 0 Å². The fraction of sp³-hybridized carbons (Fsp3) is 0.778. The molecule has 10 heavy (non-hydrogen) atoms. The second-order valence-electron chi connectivity index (χ2n) is 3.18. The number of nitrogens with zero attached hydrogens (tertiary/aromatic N) is 1. The highest BCUT2D eigenvalue weighted by Crippen LogP contribution is 2.29. The summed E-state index contributed by atoms with van der Waals surface area (Å²) in [5.41, 5.74) is 0. The largest absolute Gasteiger partial charge is 0.306 e. The molecule has 0 atom stereocenters. The van der Waals surface area contributed by atoms with Crippen molar-refractivity contribution in [2.24, 2.45) is 5.92 Å². The van der Waals surface area contributed by atoms with Crippen molar-refractivity contribution in [1.82, 2.24) is 4.90 Å². The Morgan fingerprint density at radius 1 is 1.30 bits per heavy atom. The average molecular weight is 137 g/mol. The van der Waals surface area contributed by atoms with Gasteiger partial charge in [0, 0.05) is 12.0 Å². The van der Waals surface area contributed by atoms with Crippen LogP contribution in [0.1, 0.15) is 19.8 Å². The third-order valence-corrected chi connectivity index (χ3v) is 2.19. The van der Waals surface area contributed by atoms with Crippen molar-refractivity contribution < 1.29 is 0 Å². The van der Waals surface area contributed by atoms with Crippen molar-refractivity contribution in [3.63, 3.8) is 0 Å². The number of rotatable bonds is 1. The van der Waals surface area contributed by atoms with Gasteiger partial charge in [-0.25, -0.2) is 0 Å². The molecule has 0 unspecified atom stereocenters. The maximum absolute atomic E-state index is 3.19. The molecule has 1 nitrogen and oxygen atoms in total. The molecule has 0 aromatic carbocycles. The molecule has 1 heteroatoms. The quantitative estimate of drug-likeness (QED) is 0.493. The molecule has 1 aliphatic carbocycles. The standard InChI is InChI=1S/C9H15N/c1-4-5-8-6-9(7-8)10(2)3/h8-9H,6-7H2,1-3H3. The number of hydrogen-bond acceptors (Lipinski definition) is 1. The van der Waals surface area contributed by atoms with Gasteiger partial charge in [-0.05, 0) is 33.9 Å². The first-order valence-corrected chi connectivity index (χ1v) is 3.82. The Morgan fingerprint density at radius 3 is 2.30 bits per heavy atom. The van der Waals surface area contributed by atoms with Crippen LogP contribution in [0.5, 0.6) is 0 Å². The summed E-state index contributed by atoms with van der Waals surface area (Å²) >= 11 is 0. The van der Waals surface area contributed by atoms with Crippen molar-refractivity contribution in [2.45, 2.75) is 25.8 Å². The van der Waals surface area contributed by atoms with Crippen LogP contribution in [0.2, 0.25) is 0 Å². The molecule has 0 saturated heterocycles. The Hall–Kier alpha value is -0.480. The van der Waals surface area contributed by atoms with E-state index in [2.05, 4.69) is 30.8 Å². The molecule has 0 N–H and O–H groups in total. The van der Waals surface area contributed by atoms with Crippen LogP contribution >= 0.6 is 0 Å². The maximum atomic E-state index is 3.19. The van der Waals surface area contributed by atoms with E-state index < -0.39 is 0 Å². The monoisotopic (exact) mass is 137 g/mol. The van der Waals surface area contributed by atoms with Crippen LogP contribution in [0.15, 0.2) is 0 Å². The van der Waals surface area contributed by atoms with Crippen LogP contribution in [0.4, 0.5) is 0 Å². The molecule has 0 spiro atoms. The predicted molar refractivity (Wildman–Crippen MR) is 43.6 cm³/mol. The molecule has 1 fully saturated rings. The van der Waals surface area contributed by atoms with E-state index in [0.29, 0.717) is 5.92 Å². The lowest BCUT2D eigenvalue weighted by Crippen LogP contribution is -2.39. The van der Waals surface area contributed by atoms with Crippen LogP contribution in [0.25, 0.3) is 0 Å². The van der Waals surface area contributed by atoms with E-state index in [1.807, 2.05) is 6.92 Å². The zero-order valence-electron chi connectivity index (χ0n) is 7.02. The summed E-state index contributed by atoms with van der Waals surface area (Å²) < 4.78 is 0. The molecule has 0 amide bonds. The average Bonchev–Trinajstić information content (AvgIpc) is 1.76. The molecule has 1 rings (SSSR count). The van der Waals surface area contributed by atoms with Gasteiger partial charge in [0.05, 0.1) is 0 Å². The summed E-state index contributed by atoms with van der Waals surface area (Å²) in [6.07, 6.45) is 2.54.